The van der Waals surface area contributed by atoms with E-state index in [1.165, 1.54) is 0 Å². The lowest BCUT2D eigenvalue weighted by Gasteiger charge is -2.10. The summed E-state index contributed by atoms with van der Waals surface area (Å²) in [5.74, 6) is -0.835. The number of ether oxygens (including phenoxy) is 2. The van der Waals surface area contributed by atoms with Gasteiger partial charge in [-0.25, -0.2) is 4.79 Å². The molecule has 0 saturated carbocycles. The maximum absolute atomic E-state index is 12.3. The second kappa shape index (κ2) is 9.03. The highest BCUT2D eigenvalue weighted by molar-refractivity contribution is 5.92. The van der Waals surface area contributed by atoms with E-state index >= 15 is 0 Å². The van der Waals surface area contributed by atoms with E-state index in [0.29, 0.717) is 25.3 Å². The summed E-state index contributed by atoms with van der Waals surface area (Å²) in [4.78, 5) is 23.9. The number of esters is 1. The number of aryl methyl sites for hydroxylation is 1. The molecule has 6 nitrogen and oxygen atoms in total. The molecule has 0 radical (unpaired) electrons. The first-order valence-electron chi connectivity index (χ1n) is 8.16. The molecular formula is C19H24N2O4. The number of carbonyl (C=O) groups excluding carboxylic acids is 2. The van der Waals surface area contributed by atoms with Gasteiger partial charge in [0.15, 0.2) is 6.61 Å². The Balaban J connectivity index is 1.99. The molecule has 134 valence electrons. The van der Waals surface area contributed by atoms with Gasteiger partial charge < -0.3 is 19.4 Å². The summed E-state index contributed by atoms with van der Waals surface area (Å²) in [5.41, 5.74) is 3.43. The van der Waals surface area contributed by atoms with Gasteiger partial charge in [-0.1, -0.05) is 30.3 Å². The monoisotopic (exact) mass is 344 g/mol. The van der Waals surface area contributed by atoms with Crippen LogP contribution in [0.3, 0.4) is 0 Å². The fraction of sp³-hybridized carbons (Fsp3) is 0.368. The lowest BCUT2D eigenvalue weighted by Crippen LogP contribution is -2.31. The number of hydrogen-bond acceptors (Lipinski definition) is 4. The number of hydrogen-bond donors (Lipinski definition) is 1. The van der Waals surface area contributed by atoms with Crippen LogP contribution < -0.4 is 5.32 Å². The molecule has 1 aromatic carbocycles. The molecule has 0 bridgehead atoms. The van der Waals surface area contributed by atoms with Crippen molar-refractivity contribution in [1.82, 2.24) is 9.88 Å². The van der Waals surface area contributed by atoms with E-state index < -0.39 is 5.97 Å². The molecule has 0 aliphatic carbocycles. The van der Waals surface area contributed by atoms with Crippen LogP contribution in [-0.2, 0) is 20.8 Å². The highest BCUT2D eigenvalue weighted by atomic mass is 16.5. The quantitative estimate of drug-likeness (QED) is 0.588. The minimum atomic E-state index is -0.491. The zero-order chi connectivity index (χ0) is 18.2. The van der Waals surface area contributed by atoms with Gasteiger partial charge in [0.05, 0.1) is 12.2 Å². The lowest BCUT2D eigenvalue weighted by atomic mass is 10.2. The molecule has 2 rings (SSSR count). The highest BCUT2D eigenvalue weighted by Gasteiger charge is 2.18. The average molecular weight is 344 g/mol. The highest BCUT2D eigenvalue weighted by Crippen LogP contribution is 2.18. The molecular weight excluding hydrogens is 320 g/mol. The van der Waals surface area contributed by atoms with Crippen molar-refractivity contribution in [3.8, 4) is 0 Å². The van der Waals surface area contributed by atoms with Gasteiger partial charge in [-0.3, -0.25) is 4.79 Å². The Morgan fingerprint density at radius 2 is 1.88 bits per heavy atom. The lowest BCUT2D eigenvalue weighted by molar-refractivity contribution is -0.124. The molecule has 0 saturated heterocycles. The number of methoxy groups -OCH3 is 1. The van der Waals surface area contributed by atoms with E-state index in [2.05, 4.69) is 9.88 Å². The maximum Gasteiger partial charge on any atom is 0.340 e. The number of nitrogens with one attached hydrogen (secondary N) is 1. The molecule has 1 aromatic heterocycles. The first-order valence-corrected chi connectivity index (χ1v) is 8.16. The molecule has 0 aliphatic rings. The van der Waals surface area contributed by atoms with Crippen LogP contribution in [0.1, 0.15) is 27.3 Å². The van der Waals surface area contributed by atoms with Crippen molar-refractivity contribution in [3.05, 3.63) is 58.9 Å². The number of nitrogens with zero attached hydrogens (tertiary/aromatic N) is 1. The Labute approximate surface area is 147 Å². The van der Waals surface area contributed by atoms with Crippen LogP contribution in [-0.4, -0.2) is 43.3 Å². The Morgan fingerprint density at radius 3 is 2.56 bits per heavy atom. The van der Waals surface area contributed by atoms with Crippen molar-refractivity contribution in [1.29, 1.82) is 0 Å². The van der Waals surface area contributed by atoms with Gasteiger partial charge in [0.2, 0.25) is 0 Å². The molecule has 1 N–H and O–H groups in total. The number of aromatic nitrogens is 1. The summed E-state index contributed by atoms with van der Waals surface area (Å²) in [6.07, 6.45) is 0. The number of benzene rings is 1. The second-order valence-electron chi connectivity index (χ2n) is 5.78. The van der Waals surface area contributed by atoms with Crippen molar-refractivity contribution >= 4 is 11.9 Å². The van der Waals surface area contributed by atoms with Crippen LogP contribution in [0.5, 0.6) is 0 Å². The SMILES string of the molecule is COCCNC(=O)COC(=O)c1cc(C)n(Cc2ccccc2)c1C. The van der Waals surface area contributed by atoms with Crippen molar-refractivity contribution in [2.75, 3.05) is 26.9 Å². The van der Waals surface area contributed by atoms with Gasteiger partial charge >= 0.3 is 5.97 Å². The predicted octanol–water partition coefficient (Wildman–Crippen LogP) is 2.07. The fourth-order valence-electron chi connectivity index (χ4n) is 2.57. The predicted molar refractivity (Wildman–Crippen MR) is 94.6 cm³/mol. The molecule has 0 aliphatic heterocycles. The third kappa shape index (κ3) is 5.19. The van der Waals surface area contributed by atoms with E-state index in [0.717, 1.165) is 17.0 Å². The fourth-order valence-corrected chi connectivity index (χ4v) is 2.57. The minimum Gasteiger partial charge on any atom is -0.452 e. The summed E-state index contributed by atoms with van der Waals surface area (Å²) in [6.45, 7) is 5.02. The Bertz CT molecular complexity index is 723. The van der Waals surface area contributed by atoms with Crippen molar-refractivity contribution in [2.45, 2.75) is 20.4 Å². The standard InChI is InChI=1S/C19H24N2O4/c1-14-11-17(19(23)25-13-18(22)20-9-10-24-3)15(2)21(14)12-16-7-5-4-6-8-16/h4-8,11H,9-10,12-13H2,1-3H3,(H,20,22). The van der Waals surface area contributed by atoms with E-state index in [9.17, 15) is 9.59 Å². The van der Waals surface area contributed by atoms with Crippen molar-refractivity contribution in [2.24, 2.45) is 0 Å². The van der Waals surface area contributed by atoms with Gasteiger partial charge in [0.25, 0.3) is 5.91 Å². The van der Waals surface area contributed by atoms with Gasteiger partial charge in [0.1, 0.15) is 0 Å². The molecule has 1 heterocycles. The van der Waals surface area contributed by atoms with Gasteiger partial charge in [-0.05, 0) is 25.5 Å². The minimum absolute atomic E-state index is 0.301. The van der Waals surface area contributed by atoms with Gasteiger partial charge in [-0.15, -0.1) is 0 Å². The number of amides is 1. The number of carbonyl (C=O) groups is 2. The summed E-state index contributed by atoms with van der Waals surface area (Å²) >= 11 is 0. The molecule has 2 aromatic rings. The van der Waals surface area contributed by atoms with Crippen LogP contribution in [0.2, 0.25) is 0 Å². The Kier molecular flexibility index (Phi) is 6.77. The first kappa shape index (κ1) is 18.7. The van der Waals surface area contributed by atoms with Crippen LogP contribution in [0, 0.1) is 13.8 Å². The van der Waals surface area contributed by atoms with Crippen LogP contribution in [0.15, 0.2) is 36.4 Å². The largest absolute Gasteiger partial charge is 0.452 e. The molecule has 1 amide bonds. The maximum atomic E-state index is 12.3. The van der Waals surface area contributed by atoms with Gasteiger partial charge in [0, 0.05) is 31.6 Å². The van der Waals surface area contributed by atoms with E-state index in [4.69, 9.17) is 9.47 Å². The smallest absolute Gasteiger partial charge is 0.340 e. The Hall–Kier alpha value is -2.60. The normalized spacial score (nSPS) is 10.5. The van der Waals surface area contributed by atoms with Crippen LogP contribution >= 0.6 is 0 Å². The molecule has 0 fully saturated rings. The van der Waals surface area contributed by atoms with E-state index in [1.807, 2.05) is 44.2 Å². The summed E-state index contributed by atoms with van der Waals surface area (Å²) < 4.78 is 12.0. The van der Waals surface area contributed by atoms with Crippen LogP contribution in [0.25, 0.3) is 0 Å². The van der Waals surface area contributed by atoms with Gasteiger partial charge in [-0.2, -0.15) is 0 Å². The zero-order valence-electron chi connectivity index (χ0n) is 14.9. The molecule has 0 spiro atoms. The Morgan fingerprint density at radius 1 is 1.16 bits per heavy atom. The first-order chi connectivity index (χ1) is 12.0. The third-order valence-corrected chi connectivity index (χ3v) is 3.94. The number of rotatable bonds is 8. The second-order valence-corrected chi connectivity index (χ2v) is 5.78. The van der Waals surface area contributed by atoms with Crippen molar-refractivity contribution < 1.29 is 19.1 Å². The van der Waals surface area contributed by atoms with Crippen molar-refractivity contribution in [3.63, 3.8) is 0 Å². The molecule has 25 heavy (non-hydrogen) atoms. The third-order valence-electron chi connectivity index (χ3n) is 3.94. The summed E-state index contributed by atoms with van der Waals surface area (Å²) in [6, 6.07) is 11.8. The summed E-state index contributed by atoms with van der Waals surface area (Å²) in [7, 11) is 1.55. The molecule has 6 heteroatoms. The zero-order valence-corrected chi connectivity index (χ0v) is 14.9. The molecule has 0 atom stereocenters. The van der Waals surface area contributed by atoms with Crippen LogP contribution in [0.4, 0.5) is 0 Å². The van der Waals surface area contributed by atoms with E-state index in [1.54, 1.807) is 13.2 Å². The molecule has 0 unspecified atom stereocenters. The topological polar surface area (TPSA) is 69.6 Å². The van der Waals surface area contributed by atoms with E-state index in [-0.39, 0.29) is 12.5 Å². The summed E-state index contributed by atoms with van der Waals surface area (Å²) in [5, 5.41) is 2.61. The average Bonchev–Trinajstić information content (AvgIpc) is 2.89.